The van der Waals surface area contributed by atoms with Crippen molar-refractivity contribution in [3.63, 3.8) is 0 Å². The average Bonchev–Trinajstić information content (AvgIpc) is 2.59. The first-order valence-electron chi connectivity index (χ1n) is 6.21. The van der Waals surface area contributed by atoms with E-state index in [4.69, 9.17) is 4.74 Å². The smallest absolute Gasteiger partial charge is 0.378 e. The molecule has 102 valence electrons. The highest BCUT2D eigenvalue weighted by molar-refractivity contribution is 4.81. The fraction of sp³-hybridized carbons (Fsp3) is 1.00. The van der Waals surface area contributed by atoms with Gasteiger partial charge in [0, 0.05) is 19.2 Å². The van der Waals surface area contributed by atoms with Gasteiger partial charge in [-0.1, -0.05) is 13.8 Å². The number of nitrogens with one attached hydrogen (secondary N) is 1. The molecule has 1 fully saturated rings. The van der Waals surface area contributed by atoms with Crippen LogP contribution in [-0.2, 0) is 4.74 Å². The molecule has 1 saturated heterocycles. The van der Waals surface area contributed by atoms with Crippen LogP contribution < -0.4 is 5.32 Å². The van der Waals surface area contributed by atoms with Gasteiger partial charge in [0.2, 0.25) is 0 Å². The van der Waals surface area contributed by atoms with Crippen molar-refractivity contribution >= 4 is 0 Å². The van der Waals surface area contributed by atoms with Crippen LogP contribution in [0.1, 0.15) is 33.6 Å². The van der Waals surface area contributed by atoms with Crippen LogP contribution in [0.4, 0.5) is 13.2 Å². The Morgan fingerprint density at radius 1 is 1.29 bits per heavy atom. The van der Waals surface area contributed by atoms with E-state index in [2.05, 4.69) is 19.2 Å². The van der Waals surface area contributed by atoms with E-state index in [9.17, 15) is 13.2 Å². The molecule has 1 aliphatic rings. The Kier molecular flexibility index (Phi) is 5.25. The van der Waals surface area contributed by atoms with Gasteiger partial charge >= 0.3 is 6.18 Å². The van der Waals surface area contributed by atoms with Gasteiger partial charge in [0.25, 0.3) is 0 Å². The number of alkyl halides is 3. The van der Waals surface area contributed by atoms with Crippen molar-refractivity contribution in [2.45, 2.75) is 51.9 Å². The predicted molar refractivity (Wildman–Crippen MR) is 60.8 cm³/mol. The number of ether oxygens (including phenoxy) is 1. The van der Waals surface area contributed by atoms with Crippen LogP contribution in [-0.4, -0.2) is 31.5 Å². The summed E-state index contributed by atoms with van der Waals surface area (Å²) in [6.45, 7) is 7.08. The molecule has 17 heavy (non-hydrogen) atoms. The number of rotatable bonds is 5. The van der Waals surface area contributed by atoms with Gasteiger partial charge in [-0.05, 0) is 25.2 Å². The minimum Gasteiger partial charge on any atom is -0.378 e. The third-order valence-electron chi connectivity index (χ3n) is 3.19. The zero-order chi connectivity index (χ0) is 13.1. The van der Waals surface area contributed by atoms with Crippen LogP contribution >= 0.6 is 0 Å². The van der Waals surface area contributed by atoms with Crippen molar-refractivity contribution in [2.24, 2.45) is 11.8 Å². The summed E-state index contributed by atoms with van der Waals surface area (Å²) in [7, 11) is 0. The molecule has 0 aromatic heterocycles. The molecule has 1 aliphatic heterocycles. The van der Waals surface area contributed by atoms with Crippen molar-refractivity contribution in [3.05, 3.63) is 0 Å². The molecule has 0 aromatic carbocycles. The lowest BCUT2D eigenvalue weighted by molar-refractivity contribution is -0.139. The van der Waals surface area contributed by atoms with Gasteiger partial charge in [0.15, 0.2) is 0 Å². The van der Waals surface area contributed by atoms with Gasteiger partial charge in [-0.2, -0.15) is 13.2 Å². The summed E-state index contributed by atoms with van der Waals surface area (Å²) in [5.74, 6) is 0.757. The molecule has 1 N–H and O–H groups in total. The first-order valence-corrected chi connectivity index (χ1v) is 6.21. The second-order valence-corrected chi connectivity index (χ2v) is 5.26. The third-order valence-corrected chi connectivity index (χ3v) is 3.19. The largest absolute Gasteiger partial charge is 0.390 e. The van der Waals surface area contributed by atoms with E-state index in [1.807, 2.05) is 0 Å². The number of halogens is 3. The quantitative estimate of drug-likeness (QED) is 0.813. The van der Waals surface area contributed by atoms with E-state index in [0.717, 1.165) is 13.0 Å². The van der Waals surface area contributed by atoms with Crippen LogP contribution in [0, 0.1) is 11.8 Å². The Bertz CT molecular complexity index is 230. The Morgan fingerprint density at radius 3 is 2.47 bits per heavy atom. The fourth-order valence-electron chi connectivity index (χ4n) is 2.38. The van der Waals surface area contributed by atoms with E-state index in [0.29, 0.717) is 18.4 Å². The maximum Gasteiger partial charge on any atom is 0.390 e. The molecule has 5 heteroatoms. The summed E-state index contributed by atoms with van der Waals surface area (Å²) in [5.41, 5.74) is 0. The molecule has 2 nitrogen and oxygen atoms in total. The van der Waals surface area contributed by atoms with E-state index in [1.165, 1.54) is 0 Å². The maximum absolute atomic E-state index is 12.1. The van der Waals surface area contributed by atoms with Crippen LogP contribution in [0.15, 0.2) is 0 Å². The molecule has 0 saturated carbocycles. The standard InChI is InChI=1S/C12H22F3NO/c1-8(2)11-10(4-5-17-11)7-16-9(3)6-12(13,14)15/h8-11,16H,4-7H2,1-3H3/t9?,10-,11-/m1/s1. The van der Waals surface area contributed by atoms with Gasteiger partial charge in [-0.25, -0.2) is 0 Å². The fourth-order valence-corrected chi connectivity index (χ4v) is 2.38. The van der Waals surface area contributed by atoms with Gasteiger partial charge in [-0.3, -0.25) is 0 Å². The first kappa shape index (κ1) is 14.8. The van der Waals surface area contributed by atoms with Crippen molar-refractivity contribution in [2.75, 3.05) is 13.2 Å². The van der Waals surface area contributed by atoms with Gasteiger partial charge in [-0.15, -0.1) is 0 Å². The van der Waals surface area contributed by atoms with Crippen LogP contribution in [0.5, 0.6) is 0 Å². The van der Waals surface area contributed by atoms with Crippen LogP contribution in [0.25, 0.3) is 0 Å². The third kappa shape index (κ3) is 5.25. The molecule has 1 rings (SSSR count). The lowest BCUT2D eigenvalue weighted by Crippen LogP contribution is -2.38. The van der Waals surface area contributed by atoms with E-state index >= 15 is 0 Å². The number of hydrogen-bond donors (Lipinski definition) is 1. The van der Waals surface area contributed by atoms with E-state index in [1.54, 1.807) is 6.92 Å². The van der Waals surface area contributed by atoms with E-state index in [-0.39, 0.29) is 6.10 Å². The highest BCUT2D eigenvalue weighted by Gasteiger charge is 2.33. The normalized spacial score (nSPS) is 27.7. The average molecular weight is 253 g/mol. The zero-order valence-electron chi connectivity index (χ0n) is 10.7. The molecule has 3 atom stereocenters. The predicted octanol–water partition coefficient (Wildman–Crippen LogP) is 2.98. The minimum atomic E-state index is -4.09. The Morgan fingerprint density at radius 2 is 1.94 bits per heavy atom. The lowest BCUT2D eigenvalue weighted by atomic mass is 9.93. The Labute approximate surface area is 101 Å². The van der Waals surface area contributed by atoms with Gasteiger partial charge in [0.05, 0.1) is 12.5 Å². The van der Waals surface area contributed by atoms with E-state index < -0.39 is 18.6 Å². The van der Waals surface area contributed by atoms with Crippen LogP contribution in [0.2, 0.25) is 0 Å². The van der Waals surface area contributed by atoms with Crippen molar-refractivity contribution < 1.29 is 17.9 Å². The van der Waals surface area contributed by atoms with Crippen LogP contribution in [0.3, 0.4) is 0 Å². The van der Waals surface area contributed by atoms with Crippen molar-refractivity contribution in [1.29, 1.82) is 0 Å². The van der Waals surface area contributed by atoms with Gasteiger partial charge < -0.3 is 10.1 Å². The monoisotopic (exact) mass is 253 g/mol. The molecule has 0 amide bonds. The SMILES string of the molecule is CC(CC(F)(F)F)NC[C@H]1CCO[C@@H]1C(C)C. The molecular weight excluding hydrogens is 231 g/mol. The molecular formula is C12H22F3NO. The zero-order valence-corrected chi connectivity index (χ0v) is 10.7. The second kappa shape index (κ2) is 6.05. The molecule has 0 aromatic rings. The highest BCUT2D eigenvalue weighted by Crippen LogP contribution is 2.27. The van der Waals surface area contributed by atoms with Gasteiger partial charge in [0.1, 0.15) is 0 Å². The molecule has 0 aliphatic carbocycles. The summed E-state index contributed by atoms with van der Waals surface area (Å²) in [6.07, 6.45) is -3.74. The molecule has 1 heterocycles. The summed E-state index contributed by atoms with van der Waals surface area (Å²) < 4.78 is 42.0. The summed E-state index contributed by atoms with van der Waals surface area (Å²) in [6, 6.07) is -0.525. The summed E-state index contributed by atoms with van der Waals surface area (Å²) in [4.78, 5) is 0. The molecule has 0 bridgehead atoms. The lowest BCUT2D eigenvalue weighted by Gasteiger charge is -2.24. The number of hydrogen-bond acceptors (Lipinski definition) is 2. The topological polar surface area (TPSA) is 21.3 Å². The molecule has 1 unspecified atom stereocenters. The Hall–Kier alpha value is -0.290. The second-order valence-electron chi connectivity index (χ2n) is 5.26. The summed E-state index contributed by atoms with van der Waals surface area (Å²) >= 11 is 0. The highest BCUT2D eigenvalue weighted by atomic mass is 19.4. The molecule has 0 spiro atoms. The summed E-state index contributed by atoms with van der Waals surface area (Å²) in [5, 5.41) is 2.97. The Balaban J connectivity index is 2.30. The molecule has 0 radical (unpaired) electrons. The van der Waals surface area contributed by atoms with Crippen molar-refractivity contribution in [1.82, 2.24) is 5.32 Å². The first-order chi connectivity index (χ1) is 7.79. The van der Waals surface area contributed by atoms with Crippen molar-refractivity contribution in [3.8, 4) is 0 Å². The minimum absolute atomic E-state index is 0.181. The maximum atomic E-state index is 12.1.